The summed E-state index contributed by atoms with van der Waals surface area (Å²) in [5.74, 6) is -0.580. The number of aromatic nitrogens is 1. The van der Waals surface area contributed by atoms with Gasteiger partial charge < -0.3 is 14.5 Å². The maximum absolute atomic E-state index is 11.9. The van der Waals surface area contributed by atoms with Crippen LogP contribution in [0.25, 0.3) is 11.5 Å². The first-order chi connectivity index (χ1) is 12.6. The number of benzene rings is 2. The molecule has 0 atom stereocenters. The molecule has 1 N–H and O–H groups in total. The van der Waals surface area contributed by atoms with Gasteiger partial charge in [-0.25, -0.2) is 4.98 Å². The van der Waals surface area contributed by atoms with Gasteiger partial charge in [0.2, 0.25) is 5.89 Å². The van der Waals surface area contributed by atoms with Crippen LogP contribution in [0.5, 0.6) is 0 Å². The van der Waals surface area contributed by atoms with Crippen molar-refractivity contribution in [2.24, 2.45) is 0 Å². The number of amides is 1. The highest BCUT2D eigenvalue weighted by Crippen LogP contribution is 2.18. The lowest BCUT2D eigenvalue weighted by atomic mass is 10.2. The Morgan fingerprint density at radius 1 is 1.08 bits per heavy atom. The van der Waals surface area contributed by atoms with E-state index >= 15 is 0 Å². The molecule has 1 amide bonds. The second-order valence-corrected chi connectivity index (χ2v) is 5.84. The Balaban J connectivity index is 1.47. The van der Waals surface area contributed by atoms with Gasteiger partial charge in [-0.3, -0.25) is 9.59 Å². The number of halogens is 1. The molecule has 0 aliphatic carbocycles. The number of carbonyl (C=O) groups excluding carboxylic acids is 2. The minimum Gasteiger partial charge on any atom is -0.455 e. The summed E-state index contributed by atoms with van der Waals surface area (Å²) in [6, 6.07) is 15.9. The van der Waals surface area contributed by atoms with Gasteiger partial charge in [-0.15, -0.1) is 0 Å². The third-order valence-corrected chi connectivity index (χ3v) is 3.64. The number of ether oxygens (including phenoxy) is 1. The highest BCUT2D eigenvalue weighted by Gasteiger charge is 2.13. The zero-order valence-electron chi connectivity index (χ0n) is 13.6. The van der Waals surface area contributed by atoms with Crippen LogP contribution in [0.2, 0.25) is 5.02 Å². The average molecular weight is 371 g/mol. The van der Waals surface area contributed by atoms with E-state index in [1.807, 2.05) is 30.3 Å². The van der Waals surface area contributed by atoms with E-state index in [4.69, 9.17) is 20.8 Å². The molecule has 7 heteroatoms. The fourth-order valence-corrected chi connectivity index (χ4v) is 2.30. The largest absolute Gasteiger partial charge is 0.455 e. The normalized spacial score (nSPS) is 10.3. The van der Waals surface area contributed by atoms with Crippen molar-refractivity contribution in [1.29, 1.82) is 0 Å². The van der Waals surface area contributed by atoms with Gasteiger partial charge in [0.1, 0.15) is 6.26 Å². The first kappa shape index (κ1) is 17.7. The Bertz CT molecular complexity index is 891. The molecule has 0 saturated carbocycles. The molecule has 0 aliphatic heterocycles. The van der Waals surface area contributed by atoms with Crippen LogP contribution in [-0.4, -0.2) is 23.5 Å². The second kappa shape index (κ2) is 8.31. The van der Waals surface area contributed by atoms with Crippen LogP contribution in [0.1, 0.15) is 5.69 Å². The Hall–Kier alpha value is -3.12. The van der Waals surface area contributed by atoms with Crippen molar-refractivity contribution < 1.29 is 18.7 Å². The van der Waals surface area contributed by atoms with Gasteiger partial charge >= 0.3 is 5.97 Å². The van der Waals surface area contributed by atoms with Crippen LogP contribution in [0.4, 0.5) is 5.69 Å². The topological polar surface area (TPSA) is 81.4 Å². The SMILES string of the molecule is O=C(COC(=O)Cc1coc(-c2ccccc2)n1)Nc1ccc(Cl)cc1. The zero-order valence-corrected chi connectivity index (χ0v) is 14.4. The number of oxazole rings is 1. The van der Waals surface area contributed by atoms with Crippen molar-refractivity contribution in [2.75, 3.05) is 11.9 Å². The molecule has 0 spiro atoms. The van der Waals surface area contributed by atoms with Crippen LogP contribution in [0.15, 0.2) is 65.3 Å². The van der Waals surface area contributed by atoms with Crippen LogP contribution in [0, 0.1) is 0 Å². The number of anilines is 1. The smallest absolute Gasteiger partial charge is 0.312 e. The molecule has 26 heavy (non-hydrogen) atoms. The third kappa shape index (κ3) is 4.94. The molecule has 0 aliphatic rings. The molecule has 0 bridgehead atoms. The number of nitrogens with zero attached hydrogens (tertiary/aromatic N) is 1. The fraction of sp³-hybridized carbons (Fsp3) is 0.105. The summed E-state index contributed by atoms with van der Waals surface area (Å²) in [5.41, 5.74) is 1.82. The summed E-state index contributed by atoms with van der Waals surface area (Å²) in [6.07, 6.45) is 1.32. The highest BCUT2D eigenvalue weighted by molar-refractivity contribution is 6.30. The van der Waals surface area contributed by atoms with E-state index in [-0.39, 0.29) is 13.0 Å². The number of rotatable bonds is 6. The van der Waals surface area contributed by atoms with E-state index in [9.17, 15) is 9.59 Å². The lowest BCUT2D eigenvalue weighted by molar-refractivity contribution is -0.146. The van der Waals surface area contributed by atoms with Crippen molar-refractivity contribution in [3.63, 3.8) is 0 Å². The van der Waals surface area contributed by atoms with E-state index < -0.39 is 11.9 Å². The predicted molar refractivity (Wildman–Crippen MR) is 96.7 cm³/mol. The molecule has 0 radical (unpaired) electrons. The number of hydrogen-bond acceptors (Lipinski definition) is 5. The van der Waals surface area contributed by atoms with E-state index in [1.54, 1.807) is 24.3 Å². The van der Waals surface area contributed by atoms with Gasteiger partial charge in [0.15, 0.2) is 6.61 Å². The van der Waals surface area contributed by atoms with Crippen molar-refractivity contribution >= 4 is 29.2 Å². The number of esters is 1. The molecule has 1 aromatic heterocycles. The van der Waals surface area contributed by atoms with Crippen molar-refractivity contribution in [3.05, 3.63) is 71.6 Å². The zero-order chi connectivity index (χ0) is 18.4. The summed E-state index contributed by atoms with van der Waals surface area (Å²) < 4.78 is 10.3. The van der Waals surface area contributed by atoms with E-state index in [0.717, 1.165) is 5.56 Å². The summed E-state index contributed by atoms with van der Waals surface area (Å²) >= 11 is 5.77. The molecule has 132 valence electrons. The van der Waals surface area contributed by atoms with E-state index in [1.165, 1.54) is 6.26 Å². The average Bonchev–Trinajstić information content (AvgIpc) is 3.11. The molecule has 3 aromatic rings. The van der Waals surface area contributed by atoms with E-state index in [0.29, 0.717) is 22.3 Å². The predicted octanol–water partition coefficient (Wildman–Crippen LogP) is 3.72. The van der Waals surface area contributed by atoms with Gasteiger partial charge in [-0.1, -0.05) is 29.8 Å². The number of hydrogen-bond donors (Lipinski definition) is 1. The molecule has 6 nitrogen and oxygen atoms in total. The van der Waals surface area contributed by atoms with Crippen molar-refractivity contribution in [2.45, 2.75) is 6.42 Å². The lowest BCUT2D eigenvalue weighted by Gasteiger charge is -2.06. The van der Waals surface area contributed by atoms with E-state index in [2.05, 4.69) is 10.3 Å². The van der Waals surface area contributed by atoms with Crippen LogP contribution in [-0.2, 0) is 20.7 Å². The first-order valence-corrected chi connectivity index (χ1v) is 8.19. The minimum atomic E-state index is -0.566. The molecular formula is C19H15ClN2O4. The van der Waals surface area contributed by atoms with Gasteiger partial charge in [0.25, 0.3) is 5.91 Å². The van der Waals surface area contributed by atoms with Crippen LogP contribution < -0.4 is 5.32 Å². The first-order valence-electron chi connectivity index (χ1n) is 7.81. The van der Waals surface area contributed by atoms with Gasteiger partial charge in [0, 0.05) is 16.3 Å². The number of nitrogens with one attached hydrogen (secondary N) is 1. The monoisotopic (exact) mass is 370 g/mol. The minimum absolute atomic E-state index is 0.0788. The molecule has 0 saturated heterocycles. The Morgan fingerprint density at radius 2 is 1.81 bits per heavy atom. The summed E-state index contributed by atoms with van der Waals surface area (Å²) in [4.78, 5) is 27.9. The molecule has 0 unspecified atom stereocenters. The Labute approximate surface area is 154 Å². The third-order valence-electron chi connectivity index (χ3n) is 3.39. The quantitative estimate of drug-likeness (QED) is 0.669. The number of carbonyl (C=O) groups is 2. The summed E-state index contributed by atoms with van der Waals surface area (Å²) in [7, 11) is 0. The molecule has 0 fully saturated rings. The molecular weight excluding hydrogens is 356 g/mol. The second-order valence-electron chi connectivity index (χ2n) is 5.40. The summed E-state index contributed by atoms with van der Waals surface area (Å²) in [6.45, 7) is -0.384. The maximum Gasteiger partial charge on any atom is 0.312 e. The van der Waals surface area contributed by atoms with Crippen LogP contribution in [0.3, 0.4) is 0 Å². The van der Waals surface area contributed by atoms with Crippen LogP contribution >= 0.6 is 11.6 Å². The van der Waals surface area contributed by atoms with Crippen molar-refractivity contribution in [1.82, 2.24) is 4.98 Å². The Morgan fingerprint density at radius 3 is 2.54 bits per heavy atom. The maximum atomic E-state index is 11.9. The summed E-state index contributed by atoms with van der Waals surface area (Å²) in [5, 5.41) is 3.17. The molecule has 1 heterocycles. The van der Waals surface area contributed by atoms with Gasteiger partial charge in [-0.05, 0) is 36.4 Å². The fourth-order valence-electron chi connectivity index (χ4n) is 2.18. The Kier molecular flexibility index (Phi) is 5.66. The lowest BCUT2D eigenvalue weighted by Crippen LogP contribution is -2.21. The molecule has 2 aromatic carbocycles. The van der Waals surface area contributed by atoms with Gasteiger partial charge in [-0.2, -0.15) is 0 Å². The molecule has 3 rings (SSSR count). The standard InChI is InChI=1S/C19H15ClN2O4/c20-14-6-8-15(9-7-14)21-17(23)12-25-18(24)10-16-11-26-19(22-16)13-4-2-1-3-5-13/h1-9,11H,10,12H2,(H,21,23). The highest BCUT2D eigenvalue weighted by atomic mass is 35.5. The van der Waals surface area contributed by atoms with Crippen molar-refractivity contribution in [3.8, 4) is 11.5 Å². The van der Waals surface area contributed by atoms with Gasteiger partial charge in [0.05, 0.1) is 12.1 Å².